The highest BCUT2D eigenvalue weighted by molar-refractivity contribution is 6.30. The molecule has 0 aliphatic heterocycles. The number of aliphatic hydroxyl groups is 1. The summed E-state index contributed by atoms with van der Waals surface area (Å²) < 4.78 is 0. The average molecular weight is 169 g/mol. The van der Waals surface area contributed by atoms with Crippen molar-refractivity contribution < 1.29 is 5.11 Å². The van der Waals surface area contributed by atoms with E-state index in [4.69, 9.17) is 22.0 Å². The molecular weight excluding hydrogens is 164 g/mol. The first-order chi connectivity index (χ1) is 5.25. The van der Waals surface area contributed by atoms with Gasteiger partial charge in [0, 0.05) is 11.8 Å². The SMILES string of the molecule is N#C[C@H](O)c1cccnc1Cl. The zero-order chi connectivity index (χ0) is 8.27. The summed E-state index contributed by atoms with van der Waals surface area (Å²) >= 11 is 5.58. The first-order valence-electron chi connectivity index (χ1n) is 2.94. The van der Waals surface area contributed by atoms with Gasteiger partial charge in [0.05, 0.1) is 6.07 Å². The molecule has 0 fully saturated rings. The first kappa shape index (κ1) is 7.99. The Morgan fingerprint density at radius 3 is 3.00 bits per heavy atom. The lowest BCUT2D eigenvalue weighted by molar-refractivity contribution is 0.235. The Morgan fingerprint density at radius 1 is 1.73 bits per heavy atom. The molecular formula is C7H5ClN2O. The molecule has 1 heterocycles. The maximum atomic E-state index is 9.02. The third kappa shape index (κ3) is 1.67. The lowest BCUT2D eigenvalue weighted by atomic mass is 10.2. The molecule has 0 saturated carbocycles. The average Bonchev–Trinajstić information content (AvgIpc) is 2.04. The second-order valence-corrected chi connectivity index (χ2v) is 2.27. The molecule has 11 heavy (non-hydrogen) atoms. The third-order valence-corrected chi connectivity index (χ3v) is 1.52. The quantitative estimate of drug-likeness (QED) is 0.508. The van der Waals surface area contributed by atoms with Gasteiger partial charge in [-0.1, -0.05) is 17.7 Å². The Balaban J connectivity index is 3.05. The minimum Gasteiger partial charge on any atom is -0.374 e. The van der Waals surface area contributed by atoms with E-state index in [-0.39, 0.29) is 5.15 Å². The van der Waals surface area contributed by atoms with Crippen molar-refractivity contribution >= 4 is 11.6 Å². The van der Waals surface area contributed by atoms with E-state index in [1.165, 1.54) is 6.20 Å². The number of nitrogens with zero attached hydrogens (tertiary/aromatic N) is 2. The summed E-state index contributed by atoms with van der Waals surface area (Å²) in [6.45, 7) is 0. The highest BCUT2D eigenvalue weighted by atomic mass is 35.5. The van der Waals surface area contributed by atoms with Gasteiger partial charge in [0.2, 0.25) is 0 Å². The van der Waals surface area contributed by atoms with Gasteiger partial charge < -0.3 is 5.11 Å². The van der Waals surface area contributed by atoms with Crippen LogP contribution in [0.1, 0.15) is 11.7 Å². The van der Waals surface area contributed by atoms with Crippen LogP contribution in [0.15, 0.2) is 18.3 Å². The molecule has 0 unspecified atom stereocenters. The maximum absolute atomic E-state index is 9.02. The van der Waals surface area contributed by atoms with Crippen LogP contribution in [0.3, 0.4) is 0 Å². The second-order valence-electron chi connectivity index (χ2n) is 1.92. The van der Waals surface area contributed by atoms with Gasteiger partial charge in [0.15, 0.2) is 6.10 Å². The first-order valence-corrected chi connectivity index (χ1v) is 3.31. The van der Waals surface area contributed by atoms with Gasteiger partial charge in [0.25, 0.3) is 0 Å². The Bertz CT molecular complexity index is 295. The standard InChI is InChI=1S/C7H5ClN2O/c8-7-5(6(11)4-9)2-1-3-10-7/h1-3,6,11H/t6-/m0/s1. The predicted molar refractivity (Wildman–Crippen MR) is 39.8 cm³/mol. The number of aromatic nitrogens is 1. The van der Waals surface area contributed by atoms with Crippen molar-refractivity contribution in [3.63, 3.8) is 0 Å². The van der Waals surface area contributed by atoms with Crippen LogP contribution < -0.4 is 0 Å². The smallest absolute Gasteiger partial charge is 0.168 e. The molecule has 4 heteroatoms. The van der Waals surface area contributed by atoms with Crippen LogP contribution in [0.2, 0.25) is 5.15 Å². The molecule has 1 atom stereocenters. The van der Waals surface area contributed by atoms with Crippen molar-refractivity contribution in [3.8, 4) is 6.07 Å². The van der Waals surface area contributed by atoms with E-state index in [1.54, 1.807) is 18.2 Å². The van der Waals surface area contributed by atoms with Crippen LogP contribution in [0.25, 0.3) is 0 Å². The van der Waals surface area contributed by atoms with Crippen molar-refractivity contribution in [2.75, 3.05) is 0 Å². The van der Waals surface area contributed by atoms with Crippen LogP contribution in [0, 0.1) is 11.3 Å². The van der Waals surface area contributed by atoms with E-state index in [9.17, 15) is 0 Å². The number of pyridine rings is 1. The Morgan fingerprint density at radius 2 is 2.45 bits per heavy atom. The zero-order valence-electron chi connectivity index (χ0n) is 5.53. The summed E-state index contributed by atoms with van der Waals surface area (Å²) in [6.07, 6.45) is 0.312. The van der Waals surface area contributed by atoms with Crippen molar-refractivity contribution in [2.45, 2.75) is 6.10 Å². The van der Waals surface area contributed by atoms with Crippen molar-refractivity contribution in [2.24, 2.45) is 0 Å². The van der Waals surface area contributed by atoms with Crippen LogP contribution in [0.4, 0.5) is 0 Å². The van der Waals surface area contributed by atoms with Gasteiger partial charge in [-0.2, -0.15) is 5.26 Å². The zero-order valence-corrected chi connectivity index (χ0v) is 6.28. The van der Waals surface area contributed by atoms with Crippen LogP contribution >= 0.6 is 11.6 Å². The Labute approximate surface area is 68.9 Å². The summed E-state index contributed by atoms with van der Waals surface area (Å²) in [4.78, 5) is 3.70. The summed E-state index contributed by atoms with van der Waals surface area (Å²) in [5, 5.41) is 17.5. The molecule has 1 rings (SSSR count). The molecule has 0 amide bonds. The van der Waals surface area contributed by atoms with Crippen LogP contribution in [-0.2, 0) is 0 Å². The molecule has 0 bridgehead atoms. The van der Waals surface area contributed by atoms with Gasteiger partial charge in [-0.15, -0.1) is 0 Å². The molecule has 0 radical (unpaired) electrons. The maximum Gasteiger partial charge on any atom is 0.168 e. The van der Waals surface area contributed by atoms with Gasteiger partial charge in [-0.25, -0.2) is 4.98 Å². The van der Waals surface area contributed by atoms with Gasteiger partial charge in [-0.3, -0.25) is 0 Å². The van der Waals surface area contributed by atoms with E-state index in [0.29, 0.717) is 5.56 Å². The number of halogens is 1. The molecule has 0 saturated heterocycles. The fourth-order valence-corrected chi connectivity index (χ4v) is 0.895. The van der Waals surface area contributed by atoms with E-state index < -0.39 is 6.10 Å². The summed E-state index contributed by atoms with van der Waals surface area (Å²) in [5.41, 5.74) is 0.344. The number of rotatable bonds is 1. The normalized spacial score (nSPS) is 12.1. The number of nitriles is 1. The van der Waals surface area contributed by atoms with Crippen LogP contribution in [-0.4, -0.2) is 10.1 Å². The summed E-state index contributed by atoms with van der Waals surface area (Å²) in [7, 11) is 0. The topological polar surface area (TPSA) is 56.9 Å². The van der Waals surface area contributed by atoms with E-state index >= 15 is 0 Å². The molecule has 0 spiro atoms. The predicted octanol–water partition coefficient (Wildman–Crippen LogP) is 1.29. The molecule has 1 N–H and O–H groups in total. The van der Waals surface area contributed by atoms with Gasteiger partial charge in [0.1, 0.15) is 5.15 Å². The molecule has 0 aliphatic rings. The minimum absolute atomic E-state index is 0.168. The summed E-state index contributed by atoms with van der Waals surface area (Å²) in [5.74, 6) is 0. The second kappa shape index (κ2) is 3.33. The largest absolute Gasteiger partial charge is 0.374 e. The van der Waals surface area contributed by atoms with Gasteiger partial charge in [-0.05, 0) is 6.07 Å². The van der Waals surface area contributed by atoms with Crippen molar-refractivity contribution in [1.29, 1.82) is 5.26 Å². The molecule has 3 nitrogen and oxygen atoms in total. The van der Waals surface area contributed by atoms with Crippen molar-refractivity contribution in [1.82, 2.24) is 4.98 Å². The fraction of sp³-hybridized carbons (Fsp3) is 0.143. The molecule has 1 aromatic rings. The van der Waals surface area contributed by atoms with Crippen molar-refractivity contribution in [3.05, 3.63) is 29.0 Å². The molecule has 56 valence electrons. The lowest BCUT2D eigenvalue weighted by Gasteiger charge is -2.01. The summed E-state index contributed by atoms with van der Waals surface area (Å²) in [6, 6.07) is 4.82. The number of aliphatic hydroxyl groups excluding tert-OH is 1. The molecule has 0 aromatic carbocycles. The monoisotopic (exact) mass is 168 g/mol. The number of hydrogen-bond acceptors (Lipinski definition) is 3. The third-order valence-electron chi connectivity index (χ3n) is 1.20. The van der Waals surface area contributed by atoms with E-state index in [1.807, 2.05) is 0 Å². The fourth-order valence-electron chi connectivity index (χ4n) is 0.672. The Hall–Kier alpha value is -1.11. The Kier molecular flexibility index (Phi) is 2.42. The molecule has 0 aliphatic carbocycles. The van der Waals surface area contributed by atoms with E-state index in [0.717, 1.165) is 0 Å². The highest BCUT2D eigenvalue weighted by Crippen LogP contribution is 2.18. The minimum atomic E-state index is -1.18. The molecule has 1 aromatic heterocycles. The number of hydrogen-bond donors (Lipinski definition) is 1. The highest BCUT2D eigenvalue weighted by Gasteiger charge is 2.09. The van der Waals surface area contributed by atoms with Crippen LogP contribution in [0.5, 0.6) is 0 Å². The lowest BCUT2D eigenvalue weighted by Crippen LogP contribution is -1.95. The van der Waals surface area contributed by atoms with E-state index in [2.05, 4.69) is 4.98 Å². The van der Waals surface area contributed by atoms with Gasteiger partial charge >= 0.3 is 0 Å².